The van der Waals surface area contributed by atoms with Crippen molar-refractivity contribution in [2.75, 3.05) is 20.3 Å². The van der Waals surface area contributed by atoms with Crippen molar-refractivity contribution in [3.63, 3.8) is 0 Å². The van der Waals surface area contributed by atoms with Crippen molar-refractivity contribution in [2.24, 2.45) is 0 Å². The normalized spacial score (nSPS) is 32.2. The highest BCUT2D eigenvalue weighted by Gasteiger charge is 2.47. The Labute approximate surface area is 123 Å². The van der Waals surface area contributed by atoms with E-state index < -0.39 is 5.54 Å². The molecule has 2 N–H and O–H groups in total. The maximum Gasteiger partial charge on any atom is 0.232 e. The van der Waals surface area contributed by atoms with E-state index in [1.807, 2.05) is 6.92 Å². The van der Waals surface area contributed by atoms with Gasteiger partial charge in [0, 0.05) is 20.1 Å². The molecule has 0 bridgehead atoms. The molecular formula is C14H22N4O3. The predicted molar refractivity (Wildman–Crippen MR) is 74.7 cm³/mol. The summed E-state index contributed by atoms with van der Waals surface area (Å²) in [5.41, 5.74) is 1.11. The van der Waals surface area contributed by atoms with Crippen molar-refractivity contribution >= 4 is 5.91 Å². The number of nitrogens with one attached hydrogen (secondary N) is 1. The standard InChI is InChI=1S/C14H22N4O3/c1-14(8-19)6-9(21-2)7-18(14)13(20)10-4-3-5-11-12(10)16-17-15-11/h9-10,19H,3-8H2,1-2H3,(H,15,16,17). The van der Waals surface area contributed by atoms with Crippen LogP contribution in [-0.2, 0) is 16.0 Å². The molecule has 0 radical (unpaired) electrons. The Morgan fingerprint density at radius 2 is 2.38 bits per heavy atom. The predicted octanol–water partition coefficient (Wildman–Crippen LogP) is 0.223. The first-order valence-corrected chi connectivity index (χ1v) is 7.43. The van der Waals surface area contributed by atoms with Crippen LogP contribution in [0.25, 0.3) is 0 Å². The second kappa shape index (κ2) is 5.38. The number of hydrogen-bond acceptors (Lipinski definition) is 5. The summed E-state index contributed by atoms with van der Waals surface area (Å²) in [7, 11) is 1.65. The van der Waals surface area contributed by atoms with Gasteiger partial charge in [0.1, 0.15) is 0 Å². The lowest BCUT2D eigenvalue weighted by molar-refractivity contribution is -0.138. The lowest BCUT2D eigenvalue weighted by Gasteiger charge is -2.36. The number of rotatable bonds is 3. The van der Waals surface area contributed by atoms with Gasteiger partial charge in [-0.25, -0.2) is 0 Å². The van der Waals surface area contributed by atoms with Crippen LogP contribution in [0.4, 0.5) is 0 Å². The molecule has 7 heteroatoms. The molecule has 21 heavy (non-hydrogen) atoms. The van der Waals surface area contributed by atoms with Crippen molar-refractivity contribution in [1.82, 2.24) is 20.3 Å². The molecule has 2 aliphatic rings. The second-order valence-electron chi connectivity index (χ2n) is 6.27. The summed E-state index contributed by atoms with van der Waals surface area (Å²) in [6, 6.07) is 0. The van der Waals surface area contributed by atoms with Crippen molar-refractivity contribution in [1.29, 1.82) is 0 Å². The summed E-state index contributed by atoms with van der Waals surface area (Å²) in [6.45, 7) is 2.38. The Kier molecular flexibility index (Phi) is 3.71. The van der Waals surface area contributed by atoms with Gasteiger partial charge in [-0.2, -0.15) is 15.4 Å². The fourth-order valence-corrected chi connectivity index (χ4v) is 3.52. The number of carbonyl (C=O) groups excluding carboxylic acids is 1. The summed E-state index contributed by atoms with van der Waals surface area (Å²) in [5, 5.41) is 20.6. The van der Waals surface area contributed by atoms with E-state index in [9.17, 15) is 9.90 Å². The number of likely N-dealkylation sites (tertiary alicyclic amines) is 1. The fourth-order valence-electron chi connectivity index (χ4n) is 3.52. The first kappa shape index (κ1) is 14.5. The molecule has 3 rings (SSSR count). The lowest BCUT2D eigenvalue weighted by Crippen LogP contribution is -2.49. The van der Waals surface area contributed by atoms with Gasteiger partial charge in [-0.3, -0.25) is 4.79 Å². The Morgan fingerprint density at radius 1 is 1.57 bits per heavy atom. The SMILES string of the molecule is COC1CN(C(=O)C2CCCc3n[nH]nc32)C(C)(CO)C1. The first-order valence-electron chi connectivity index (χ1n) is 7.43. The third-order valence-electron chi connectivity index (χ3n) is 4.83. The van der Waals surface area contributed by atoms with Crippen LogP contribution < -0.4 is 0 Å². The van der Waals surface area contributed by atoms with Gasteiger partial charge in [0.15, 0.2) is 0 Å². The number of aromatic nitrogens is 3. The molecule has 1 amide bonds. The summed E-state index contributed by atoms with van der Waals surface area (Å²) < 4.78 is 5.39. The highest BCUT2D eigenvalue weighted by atomic mass is 16.5. The van der Waals surface area contributed by atoms with Crippen LogP contribution in [-0.4, -0.2) is 63.2 Å². The number of methoxy groups -OCH3 is 1. The largest absolute Gasteiger partial charge is 0.394 e. The van der Waals surface area contributed by atoms with E-state index in [-0.39, 0.29) is 24.5 Å². The Balaban J connectivity index is 1.86. The van der Waals surface area contributed by atoms with Crippen LogP contribution in [0.15, 0.2) is 0 Å². The van der Waals surface area contributed by atoms with E-state index in [0.717, 1.165) is 30.7 Å². The summed E-state index contributed by atoms with van der Waals surface area (Å²) in [5.74, 6) is -0.227. The van der Waals surface area contributed by atoms with E-state index in [1.165, 1.54) is 0 Å². The second-order valence-corrected chi connectivity index (χ2v) is 6.27. The number of aryl methyl sites for hydroxylation is 1. The summed E-state index contributed by atoms with van der Waals surface area (Å²) >= 11 is 0. The van der Waals surface area contributed by atoms with E-state index in [4.69, 9.17) is 4.74 Å². The van der Waals surface area contributed by atoms with Crippen LogP contribution in [0.3, 0.4) is 0 Å². The molecule has 3 unspecified atom stereocenters. The number of amides is 1. The Hall–Kier alpha value is -1.47. The molecule has 1 aliphatic heterocycles. The molecule has 116 valence electrons. The number of nitrogens with zero attached hydrogens (tertiary/aromatic N) is 3. The summed E-state index contributed by atoms with van der Waals surface area (Å²) in [6.07, 6.45) is 3.23. The summed E-state index contributed by atoms with van der Waals surface area (Å²) in [4.78, 5) is 14.7. The minimum Gasteiger partial charge on any atom is -0.394 e. The van der Waals surface area contributed by atoms with Crippen LogP contribution in [0, 0.1) is 0 Å². The van der Waals surface area contributed by atoms with E-state index in [2.05, 4.69) is 15.4 Å². The molecule has 1 aromatic rings. The zero-order valence-corrected chi connectivity index (χ0v) is 12.5. The molecular weight excluding hydrogens is 272 g/mol. The molecule has 7 nitrogen and oxygen atoms in total. The number of aliphatic hydroxyl groups excluding tert-OH is 1. The first-order chi connectivity index (χ1) is 10.1. The number of carbonyl (C=O) groups is 1. The van der Waals surface area contributed by atoms with Crippen LogP contribution in [0.5, 0.6) is 0 Å². The smallest absolute Gasteiger partial charge is 0.232 e. The average molecular weight is 294 g/mol. The zero-order valence-electron chi connectivity index (χ0n) is 12.5. The molecule has 2 heterocycles. The lowest BCUT2D eigenvalue weighted by atomic mass is 9.87. The van der Waals surface area contributed by atoms with Crippen LogP contribution in [0.2, 0.25) is 0 Å². The Bertz CT molecular complexity index is 532. The maximum absolute atomic E-state index is 13.0. The number of hydrogen-bond donors (Lipinski definition) is 2. The van der Waals surface area contributed by atoms with Crippen molar-refractivity contribution in [2.45, 2.75) is 50.2 Å². The quantitative estimate of drug-likeness (QED) is 0.832. The third-order valence-corrected chi connectivity index (χ3v) is 4.83. The van der Waals surface area contributed by atoms with Gasteiger partial charge in [-0.1, -0.05) is 0 Å². The average Bonchev–Trinajstić information content (AvgIpc) is 3.10. The van der Waals surface area contributed by atoms with Crippen molar-refractivity contribution < 1.29 is 14.6 Å². The molecule has 0 spiro atoms. The molecule has 0 aromatic carbocycles. The Morgan fingerprint density at radius 3 is 3.10 bits per heavy atom. The fraction of sp³-hybridized carbons (Fsp3) is 0.786. The van der Waals surface area contributed by atoms with Gasteiger partial charge < -0.3 is 14.7 Å². The molecule has 1 fully saturated rings. The number of aliphatic hydroxyl groups is 1. The van der Waals surface area contributed by atoms with E-state index in [0.29, 0.717) is 13.0 Å². The number of ether oxygens (including phenoxy) is 1. The van der Waals surface area contributed by atoms with Crippen molar-refractivity contribution in [3.8, 4) is 0 Å². The third kappa shape index (κ3) is 2.34. The van der Waals surface area contributed by atoms with Gasteiger partial charge in [0.2, 0.25) is 5.91 Å². The van der Waals surface area contributed by atoms with Crippen LogP contribution in [0.1, 0.15) is 43.5 Å². The number of aromatic amines is 1. The van der Waals surface area contributed by atoms with Gasteiger partial charge >= 0.3 is 0 Å². The molecule has 0 saturated carbocycles. The monoisotopic (exact) mass is 294 g/mol. The minimum absolute atomic E-state index is 0.0218. The van der Waals surface area contributed by atoms with Crippen LogP contribution >= 0.6 is 0 Å². The molecule has 3 atom stereocenters. The van der Waals surface area contributed by atoms with E-state index >= 15 is 0 Å². The van der Waals surface area contributed by atoms with Gasteiger partial charge in [-0.15, -0.1) is 0 Å². The topological polar surface area (TPSA) is 91.3 Å². The van der Waals surface area contributed by atoms with Gasteiger partial charge in [-0.05, 0) is 26.2 Å². The van der Waals surface area contributed by atoms with Gasteiger partial charge in [0.05, 0.1) is 35.6 Å². The number of H-pyrrole nitrogens is 1. The zero-order chi connectivity index (χ0) is 15.0. The molecule has 1 aromatic heterocycles. The van der Waals surface area contributed by atoms with E-state index in [1.54, 1.807) is 12.0 Å². The molecule has 1 saturated heterocycles. The highest BCUT2D eigenvalue weighted by molar-refractivity contribution is 5.84. The van der Waals surface area contributed by atoms with Gasteiger partial charge in [0.25, 0.3) is 0 Å². The maximum atomic E-state index is 13.0. The van der Waals surface area contributed by atoms with Crippen molar-refractivity contribution in [3.05, 3.63) is 11.4 Å². The number of fused-ring (bicyclic) bond motifs is 1. The highest BCUT2D eigenvalue weighted by Crippen LogP contribution is 2.36. The minimum atomic E-state index is -0.556. The molecule has 1 aliphatic carbocycles.